The number of benzene rings is 1. The number of amides is 1. The van der Waals surface area contributed by atoms with Gasteiger partial charge in [0.1, 0.15) is 0 Å². The molecule has 1 fully saturated rings. The van der Waals surface area contributed by atoms with Gasteiger partial charge < -0.3 is 10.1 Å². The number of nitriles is 1. The van der Waals surface area contributed by atoms with Gasteiger partial charge in [-0.3, -0.25) is 4.79 Å². The smallest absolute Gasteiger partial charge is 0.243 e. The van der Waals surface area contributed by atoms with Crippen LogP contribution in [0.1, 0.15) is 25.3 Å². The molecule has 1 heterocycles. The summed E-state index contributed by atoms with van der Waals surface area (Å²) in [5.41, 5.74) is 0.416. The van der Waals surface area contributed by atoms with Crippen LogP contribution in [-0.2, 0) is 19.6 Å². The van der Waals surface area contributed by atoms with Gasteiger partial charge in [-0.1, -0.05) is 0 Å². The van der Waals surface area contributed by atoms with E-state index in [2.05, 4.69) is 5.32 Å². The van der Waals surface area contributed by atoms with Crippen LogP contribution in [0.5, 0.6) is 0 Å². The van der Waals surface area contributed by atoms with Crippen molar-refractivity contribution in [1.82, 2.24) is 9.62 Å². The number of sulfonamides is 1. The lowest BCUT2D eigenvalue weighted by atomic mass is 9.97. The van der Waals surface area contributed by atoms with E-state index in [1.54, 1.807) is 7.11 Å². The molecule has 2 rings (SSSR count). The quantitative estimate of drug-likeness (QED) is 0.814. The summed E-state index contributed by atoms with van der Waals surface area (Å²) in [6.45, 7) is 2.92. The Kier molecular flexibility index (Phi) is 6.53. The van der Waals surface area contributed by atoms with Crippen molar-refractivity contribution in [3.05, 3.63) is 29.8 Å². The second-order valence-electron chi connectivity index (χ2n) is 6.18. The first-order valence-electron chi connectivity index (χ1n) is 8.18. The maximum Gasteiger partial charge on any atom is 0.243 e. The van der Waals surface area contributed by atoms with E-state index in [1.165, 1.54) is 28.6 Å². The van der Waals surface area contributed by atoms with Crippen LogP contribution in [0.15, 0.2) is 29.2 Å². The summed E-state index contributed by atoms with van der Waals surface area (Å²) in [6.07, 6.45) is 0.974. The molecule has 1 amide bonds. The van der Waals surface area contributed by atoms with E-state index in [0.29, 0.717) is 38.1 Å². The van der Waals surface area contributed by atoms with Crippen molar-refractivity contribution < 1.29 is 17.9 Å². The number of carbonyl (C=O) groups excluding carboxylic acids is 1. The summed E-state index contributed by atoms with van der Waals surface area (Å²) in [4.78, 5) is 12.4. The highest BCUT2D eigenvalue weighted by Gasteiger charge is 2.32. The number of hydrogen-bond donors (Lipinski definition) is 1. The van der Waals surface area contributed by atoms with Crippen LogP contribution >= 0.6 is 0 Å². The lowest BCUT2D eigenvalue weighted by Gasteiger charge is -2.31. The van der Waals surface area contributed by atoms with Crippen molar-refractivity contribution in [3.8, 4) is 6.07 Å². The van der Waals surface area contributed by atoms with E-state index in [9.17, 15) is 13.2 Å². The minimum absolute atomic E-state index is 0.0556. The molecule has 8 heteroatoms. The van der Waals surface area contributed by atoms with Crippen LogP contribution in [0.2, 0.25) is 0 Å². The Balaban J connectivity index is 1.96. The normalized spacial score (nSPS) is 17.6. The fourth-order valence-electron chi connectivity index (χ4n) is 2.86. The third-order valence-electron chi connectivity index (χ3n) is 4.25. The van der Waals surface area contributed by atoms with Gasteiger partial charge in [0.2, 0.25) is 15.9 Å². The lowest BCUT2D eigenvalue weighted by molar-refractivity contribution is -0.127. The highest BCUT2D eigenvalue weighted by Crippen LogP contribution is 2.24. The summed E-state index contributed by atoms with van der Waals surface area (Å²) >= 11 is 0. The van der Waals surface area contributed by atoms with Crippen LogP contribution in [0.25, 0.3) is 0 Å². The Hall–Kier alpha value is -1.95. The van der Waals surface area contributed by atoms with Crippen molar-refractivity contribution in [2.75, 3.05) is 26.8 Å². The number of methoxy groups -OCH3 is 1. The molecule has 1 aliphatic rings. The van der Waals surface area contributed by atoms with E-state index in [1.807, 2.05) is 13.0 Å². The highest BCUT2D eigenvalue weighted by molar-refractivity contribution is 7.89. The Bertz CT molecular complexity index is 732. The summed E-state index contributed by atoms with van der Waals surface area (Å²) in [6, 6.07) is 7.76. The minimum Gasteiger partial charge on any atom is -0.383 e. The monoisotopic (exact) mass is 365 g/mol. The van der Waals surface area contributed by atoms with E-state index in [0.717, 1.165) is 0 Å². The van der Waals surface area contributed by atoms with Gasteiger partial charge in [-0.2, -0.15) is 9.57 Å². The van der Waals surface area contributed by atoms with Crippen LogP contribution in [0.4, 0.5) is 0 Å². The minimum atomic E-state index is -3.60. The first-order chi connectivity index (χ1) is 11.9. The number of piperidine rings is 1. The zero-order valence-electron chi connectivity index (χ0n) is 14.4. The fraction of sp³-hybridized carbons (Fsp3) is 0.529. The molecule has 1 aromatic rings. The maximum atomic E-state index is 12.7. The van der Waals surface area contributed by atoms with Crippen LogP contribution in [0.3, 0.4) is 0 Å². The van der Waals surface area contributed by atoms with Gasteiger partial charge in [0.05, 0.1) is 23.1 Å². The summed E-state index contributed by atoms with van der Waals surface area (Å²) in [5, 5.41) is 11.7. The van der Waals surface area contributed by atoms with Gasteiger partial charge in [0, 0.05) is 32.2 Å². The molecule has 1 aliphatic heterocycles. The largest absolute Gasteiger partial charge is 0.383 e. The number of ether oxygens (including phenoxy) is 1. The summed E-state index contributed by atoms with van der Waals surface area (Å²) < 4.78 is 31.7. The van der Waals surface area contributed by atoms with Crippen LogP contribution in [0, 0.1) is 17.2 Å². The molecule has 0 bridgehead atoms. The first-order valence-corrected chi connectivity index (χ1v) is 9.62. The molecule has 0 radical (unpaired) electrons. The van der Waals surface area contributed by atoms with Crippen LogP contribution in [-0.4, -0.2) is 51.5 Å². The number of nitrogens with zero attached hydrogens (tertiary/aromatic N) is 2. The van der Waals surface area contributed by atoms with Crippen molar-refractivity contribution in [1.29, 1.82) is 5.26 Å². The number of carbonyl (C=O) groups is 1. The molecule has 0 spiro atoms. The second-order valence-corrected chi connectivity index (χ2v) is 8.12. The number of hydrogen-bond acceptors (Lipinski definition) is 5. The predicted octanol–water partition coefficient (Wildman–Crippen LogP) is 1.11. The number of rotatable bonds is 6. The molecule has 1 aromatic carbocycles. The van der Waals surface area contributed by atoms with E-state index >= 15 is 0 Å². The molecule has 1 N–H and O–H groups in total. The highest BCUT2D eigenvalue weighted by atomic mass is 32.2. The molecule has 0 aromatic heterocycles. The topological polar surface area (TPSA) is 99.5 Å². The Morgan fingerprint density at radius 2 is 1.96 bits per heavy atom. The number of nitrogens with one attached hydrogen (secondary N) is 1. The van der Waals surface area contributed by atoms with Gasteiger partial charge in [-0.05, 0) is 44.0 Å². The third-order valence-corrected chi connectivity index (χ3v) is 6.16. The van der Waals surface area contributed by atoms with Crippen molar-refractivity contribution in [3.63, 3.8) is 0 Å². The molecular formula is C17H23N3O4S. The molecule has 136 valence electrons. The van der Waals surface area contributed by atoms with Crippen molar-refractivity contribution in [2.45, 2.75) is 30.7 Å². The predicted molar refractivity (Wildman–Crippen MR) is 92.1 cm³/mol. The van der Waals surface area contributed by atoms with E-state index < -0.39 is 10.0 Å². The summed E-state index contributed by atoms with van der Waals surface area (Å²) in [5.74, 6) is -0.244. The second kappa shape index (κ2) is 8.43. The molecule has 7 nitrogen and oxygen atoms in total. The summed E-state index contributed by atoms with van der Waals surface area (Å²) in [7, 11) is -2.02. The Labute approximate surface area is 148 Å². The average molecular weight is 365 g/mol. The molecule has 1 saturated heterocycles. The van der Waals surface area contributed by atoms with Gasteiger partial charge in [0.15, 0.2) is 0 Å². The van der Waals surface area contributed by atoms with Crippen molar-refractivity contribution >= 4 is 15.9 Å². The molecule has 0 saturated carbocycles. The van der Waals surface area contributed by atoms with Gasteiger partial charge in [0.25, 0.3) is 0 Å². The molecule has 0 aliphatic carbocycles. The molecule has 0 unspecified atom stereocenters. The van der Waals surface area contributed by atoms with Gasteiger partial charge in [-0.15, -0.1) is 0 Å². The third kappa shape index (κ3) is 4.78. The fourth-order valence-corrected chi connectivity index (χ4v) is 4.33. The van der Waals surface area contributed by atoms with E-state index in [4.69, 9.17) is 10.00 Å². The van der Waals surface area contributed by atoms with Crippen molar-refractivity contribution in [2.24, 2.45) is 5.92 Å². The Morgan fingerprint density at radius 1 is 1.36 bits per heavy atom. The molecule has 1 atom stereocenters. The first kappa shape index (κ1) is 19.4. The SMILES string of the molecule is COC[C@@H](C)NC(=O)C1CCN(S(=O)(=O)c2ccc(C#N)cc2)CC1. The van der Waals surface area contributed by atoms with E-state index in [-0.39, 0.29) is 22.8 Å². The average Bonchev–Trinajstić information content (AvgIpc) is 2.62. The molecular weight excluding hydrogens is 342 g/mol. The zero-order valence-corrected chi connectivity index (χ0v) is 15.3. The van der Waals surface area contributed by atoms with Gasteiger partial charge >= 0.3 is 0 Å². The Morgan fingerprint density at radius 3 is 2.48 bits per heavy atom. The molecule has 25 heavy (non-hydrogen) atoms. The lowest BCUT2D eigenvalue weighted by Crippen LogP contribution is -2.45. The zero-order chi connectivity index (χ0) is 18.4. The van der Waals surface area contributed by atoms with Crippen LogP contribution < -0.4 is 5.32 Å². The maximum absolute atomic E-state index is 12.7. The standard InChI is InChI=1S/C17H23N3O4S/c1-13(12-24-2)19-17(21)15-7-9-20(10-8-15)25(22,23)16-5-3-14(11-18)4-6-16/h3-6,13,15H,7-10,12H2,1-2H3,(H,19,21)/t13-/m1/s1. The van der Waals surface area contributed by atoms with Gasteiger partial charge in [-0.25, -0.2) is 8.42 Å².